The summed E-state index contributed by atoms with van der Waals surface area (Å²) in [6.07, 6.45) is 0. The summed E-state index contributed by atoms with van der Waals surface area (Å²) in [5, 5.41) is 1.85. The van der Waals surface area contributed by atoms with Crippen molar-refractivity contribution in [2.24, 2.45) is 5.84 Å². The maximum Gasteiger partial charge on any atom is 0.275 e. The van der Waals surface area contributed by atoms with Crippen LogP contribution in [-0.2, 0) is 6.61 Å². The fourth-order valence-corrected chi connectivity index (χ4v) is 2.40. The molecule has 2 aromatic rings. The molecule has 18 heavy (non-hydrogen) atoms. The van der Waals surface area contributed by atoms with E-state index in [1.807, 2.05) is 42.6 Å². The van der Waals surface area contributed by atoms with Gasteiger partial charge >= 0.3 is 0 Å². The predicted octanol–water partition coefficient (Wildman–Crippen LogP) is 2.24. The lowest BCUT2D eigenvalue weighted by Gasteiger charge is -2.08. The van der Waals surface area contributed by atoms with E-state index >= 15 is 0 Å². The van der Waals surface area contributed by atoms with Gasteiger partial charge in [-0.1, -0.05) is 18.2 Å². The molecule has 0 bridgehead atoms. The van der Waals surface area contributed by atoms with E-state index in [0.29, 0.717) is 11.5 Å². The number of hydrazine groups is 1. The summed E-state index contributed by atoms with van der Waals surface area (Å²) < 4.78 is 5.70. The minimum Gasteiger partial charge on any atom is -0.489 e. The van der Waals surface area contributed by atoms with Crippen molar-refractivity contribution < 1.29 is 9.53 Å². The molecule has 0 aliphatic rings. The Bertz CT molecular complexity index is 551. The first kappa shape index (κ1) is 12.6. The van der Waals surface area contributed by atoms with E-state index in [0.717, 1.165) is 16.9 Å². The number of aryl methyl sites for hydroxylation is 1. The van der Waals surface area contributed by atoms with Gasteiger partial charge in [-0.05, 0) is 30.0 Å². The molecular formula is C13H14N2O2S. The SMILES string of the molecule is Cc1ccccc1OCc1ccsc1C(=O)NN. The number of nitrogens with two attached hydrogens (primary N) is 1. The largest absolute Gasteiger partial charge is 0.489 e. The molecule has 1 heterocycles. The summed E-state index contributed by atoms with van der Waals surface area (Å²) in [7, 11) is 0. The van der Waals surface area contributed by atoms with Gasteiger partial charge in [0.15, 0.2) is 0 Å². The summed E-state index contributed by atoms with van der Waals surface area (Å²) in [6.45, 7) is 2.34. The summed E-state index contributed by atoms with van der Waals surface area (Å²) in [5.41, 5.74) is 4.04. The van der Waals surface area contributed by atoms with E-state index in [4.69, 9.17) is 10.6 Å². The second kappa shape index (κ2) is 5.66. The van der Waals surface area contributed by atoms with E-state index in [2.05, 4.69) is 5.43 Å². The minimum atomic E-state index is -0.284. The lowest BCUT2D eigenvalue weighted by Crippen LogP contribution is -2.30. The number of benzene rings is 1. The molecule has 94 valence electrons. The number of amides is 1. The molecule has 0 atom stereocenters. The Hall–Kier alpha value is -1.85. The van der Waals surface area contributed by atoms with Crippen molar-refractivity contribution in [2.75, 3.05) is 0 Å². The molecule has 0 saturated carbocycles. The van der Waals surface area contributed by atoms with Crippen molar-refractivity contribution in [1.29, 1.82) is 0 Å². The number of para-hydroxylation sites is 1. The number of nitrogen functional groups attached to an aromatic ring is 1. The number of hydrogen-bond donors (Lipinski definition) is 2. The topological polar surface area (TPSA) is 64.3 Å². The number of hydrogen-bond acceptors (Lipinski definition) is 4. The van der Waals surface area contributed by atoms with Crippen LogP contribution in [-0.4, -0.2) is 5.91 Å². The molecule has 0 unspecified atom stereocenters. The molecule has 2 rings (SSSR count). The van der Waals surface area contributed by atoms with Crippen LogP contribution in [0.3, 0.4) is 0 Å². The highest BCUT2D eigenvalue weighted by Crippen LogP contribution is 2.21. The quantitative estimate of drug-likeness (QED) is 0.504. The average Bonchev–Trinajstić information content (AvgIpc) is 2.85. The van der Waals surface area contributed by atoms with Crippen LogP contribution in [0.5, 0.6) is 5.75 Å². The molecule has 4 nitrogen and oxygen atoms in total. The molecule has 1 aromatic carbocycles. The third kappa shape index (κ3) is 2.69. The molecule has 0 radical (unpaired) electrons. The van der Waals surface area contributed by atoms with Crippen molar-refractivity contribution in [1.82, 2.24) is 5.43 Å². The number of ether oxygens (including phenoxy) is 1. The molecule has 1 aromatic heterocycles. The number of rotatable bonds is 4. The van der Waals surface area contributed by atoms with E-state index in [1.54, 1.807) is 0 Å². The Morgan fingerprint density at radius 3 is 2.89 bits per heavy atom. The highest BCUT2D eigenvalue weighted by Gasteiger charge is 2.12. The third-order valence-electron chi connectivity index (χ3n) is 2.56. The van der Waals surface area contributed by atoms with Gasteiger partial charge in [-0.15, -0.1) is 11.3 Å². The van der Waals surface area contributed by atoms with Crippen LogP contribution < -0.4 is 16.0 Å². The van der Waals surface area contributed by atoms with Crippen LogP contribution in [0.1, 0.15) is 20.8 Å². The second-order valence-corrected chi connectivity index (χ2v) is 4.72. The molecular weight excluding hydrogens is 248 g/mol. The lowest BCUT2D eigenvalue weighted by molar-refractivity contribution is 0.0955. The highest BCUT2D eigenvalue weighted by atomic mass is 32.1. The summed E-state index contributed by atoms with van der Waals surface area (Å²) in [4.78, 5) is 12.1. The first-order chi connectivity index (χ1) is 8.72. The molecule has 0 aliphatic carbocycles. The summed E-state index contributed by atoms with van der Waals surface area (Å²) in [6, 6.07) is 9.64. The molecule has 0 aliphatic heterocycles. The van der Waals surface area contributed by atoms with Crippen molar-refractivity contribution in [3.8, 4) is 5.75 Å². The molecule has 0 fully saturated rings. The van der Waals surface area contributed by atoms with E-state index < -0.39 is 0 Å². The second-order valence-electron chi connectivity index (χ2n) is 3.80. The van der Waals surface area contributed by atoms with Crippen LogP contribution in [0.4, 0.5) is 0 Å². The minimum absolute atomic E-state index is 0.284. The van der Waals surface area contributed by atoms with Gasteiger partial charge in [-0.25, -0.2) is 5.84 Å². The normalized spacial score (nSPS) is 10.1. The van der Waals surface area contributed by atoms with Crippen LogP contribution in [0.25, 0.3) is 0 Å². The van der Waals surface area contributed by atoms with E-state index in [1.165, 1.54) is 11.3 Å². The van der Waals surface area contributed by atoms with Crippen molar-refractivity contribution >= 4 is 17.2 Å². The van der Waals surface area contributed by atoms with Gasteiger partial charge in [0.25, 0.3) is 5.91 Å². The Kier molecular flexibility index (Phi) is 3.96. The zero-order valence-electron chi connectivity index (χ0n) is 9.97. The van der Waals surface area contributed by atoms with Crippen LogP contribution in [0, 0.1) is 6.92 Å². The summed E-state index contributed by atoms with van der Waals surface area (Å²) >= 11 is 1.35. The van der Waals surface area contributed by atoms with Gasteiger partial charge in [-0.3, -0.25) is 10.2 Å². The monoisotopic (exact) mass is 262 g/mol. The van der Waals surface area contributed by atoms with Gasteiger partial charge in [0.2, 0.25) is 0 Å². The highest BCUT2D eigenvalue weighted by molar-refractivity contribution is 7.12. The Morgan fingerprint density at radius 1 is 1.39 bits per heavy atom. The number of nitrogens with one attached hydrogen (secondary N) is 1. The first-order valence-electron chi connectivity index (χ1n) is 5.48. The fourth-order valence-electron chi connectivity index (χ4n) is 1.59. The van der Waals surface area contributed by atoms with Crippen molar-refractivity contribution in [3.63, 3.8) is 0 Å². The Morgan fingerprint density at radius 2 is 2.17 bits per heavy atom. The number of carbonyl (C=O) groups is 1. The average molecular weight is 262 g/mol. The molecule has 5 heteroatoms. The fraction of sp³-hybridized carbons (Fsp3) is 0.154. The van der Waals surface area contributed by atoms with Crippen LogP contribution >= 0.6 is 11.3 Å². The predicted molar refractivity (Wildman–Crippen MR) is 71.5 cm³/mol. The first-order valence-corrected chi connectivity index (χ1v) is 6.36. The number of carbonyl (C=O) groups excluding carboxylic acids is 1. The van der Waals surface area contributed by atoms with Gasteiger partial charge in [0, 0.05) is 5.56 Å². The van der Waals surface area contributed by atoms with Crippen molar-refractivity contribution in [3.05, 3.63) is 51.7 Å². The maximum absolute atomic E-state index is 11.5. The Labute approximate surface area is 109 Å². The van der Waals surface area contributed by atoms with Crippen LogP contribution in [0.15, 0.2) is 35.7 Å². The van der Waals surface area contributed by atoms with Crippen molar-refractivity contribution in [2.45, 2.75) is 13.5 Å². The molecule has 3 N–H and O–H groups in total. The maximum atomic E-state index is 11.5. The molecule has 0 saturated heterocycles. The summed E-state index contributed by atoms with van der Waals surface area (Å²) in [5.74, 6) is 5.67. The van der Waals surface area contributed by atoms with E-state index in [9.17, 15) is 4.79 Å². The molecule has 0 spiro atoms. The third-order valence-corrected chi connectivity index (χ3v) is 3.52. The Balaban J connectivity index is 2.09. The van der Waals surface area contributed by atoms with Gasteiger partial charge in [-0.2, -0.15) is 0 Å². The standard InChI is InChI=1S/C13H14N2O2S/c1-9-4-2-3-5-11(9)17-8-10-6-7-18-12(10)13(16)15-14/h2-7H,8,14H2,1H3,(H,15,16). The van der Waals surface area contributed by atoms with Gasteiger partial charge in [0.1, 0.15) is 12.4 Å². The van der Waals surface area contributed by atoms with Gasteiger partial charge < -0.3 is 4.74 Å². The zero-order chi connectivity index (χ0) is 13.0. The van der Waals surface area contributed by atoms with E-state index in [-0.39, 0.29) is 5.91 Å². The lowest BCUT2D eigenvalue weighted by atomic mass is 10.2. The van der Waals surface area contributed by atoms with Crippen LogP contribution in [0.2, 0.25) is 0 Å². The smallest absolute Gasteiger partial charge is 0.275 e. The number of thiophene rings is 1. The zero-order valence-corrected chi connectivity index (χ0v) is 10.8. The van der Waals surface area contributed by atoms with Gasteiger partial charge in [0.05, 0.1) is 4.88 Å². The molecule has 1 amide bonds.